The minimum atomic E-state index is -0.461. The van der Waals surface area contributed by atoms with Crippen molar-refractivity contribution in [1.29, 1.82) is 0 Å². The Hall–Kier alpha value is -2.43. The Bertz CT molecular complexity index is 618. The first-order valence-electron chi connectivity index (χ1n) is 6.64. The lowest BCUT2D eigenvalue weighted by Crippen LogP contribution is -2.29. The van der Waals surface area contributed by atoms with Gasteiger partial charge in [0, 0.05) is 6.04 Å². The van der Waals surface area contributed by atoms with Crippen molar-refractivity contribution in [3.63, 3.8) is 0 Å². The first kappa shape index (κ1) is 12.6. The molecule has 0 atom stereocenters. The Morgan fingerprint density at radius 2 is 2.10 bits per heavy atom. The summed E-state index contributed by atoms with van der Waals surface area (Å²) in [5.41, 5.74) is 13.3. The second-order valence-corrected chi connectivity index (χ2v) is 5.05. The van der Waals surface area contributed by atoms with Crippen LogP contribution >= 0.6 is 0 Å². The maximum absolute atomic E-state index is 11.6. The van der Waals surface area contributed by atoms with Crippen LogP contribution in [0.5, 0.6) is 0 Å². The van der Waals surface area contributed by atoms with E-state index in [2.05, 4.69) is 4.90 Å². The third-order valence-corrected chi connectivity index (χ3v) is 3.51. The van der Waals surface area contributed by atoms with Crippen LogP contribution in [0.2, 0.25) is 0 Å². The molecule has 0 unspecified atom stereocenters. The Kier molecular flexibility index (Phi) is 3.10. The summed E-state index contributed by atoms with van der Waals surface area (Å²) in [7, 11) is 0. The third kappa shape index (κ3) is 2.34. The minimum absolute atomic E-state index is 0.392. The Labute approximate surface area is 117 Å². The number of anilines is 2. The van der Waals surface area contributed by atoms with E-state index in [-0.39, 0.29) is 0 Å². The standard InChI is InChI=1S/C15H17N3O2/c16-13-5-1-4-12(15(17)19)14(13)18(10-6-7-10)9-11-3-2-8-20-11/h1-5,8,10H,6-7,9,16H2,(H2,17,19). The molecule has 0 saturated heterocycles. The van der Waals surface area contributed by atoms with Crippen molar-refractivity contribution in [3.8, 4) is 0 Å². The molecule has 2 aromatic rings. The zero-order valence-electron chi connectivity index (χ0n) is 11.1. The van der Waals surface area contributed by atoms with Gasteiger partial charge in [-0.15, -0.1) is 0 Å². The second kappa shape index (κ2) is 4.92. The van der Waals surface area contributed by atoms with Crippen LogP contribution in [0, 0.1) is 0 Å². The largest absolute Gasteiger partial charge is 0.467 e. The summed E-state index contributed by atoms with van der Waals surface area (Å²) in [6.45, 7) is 0.589. The number of nitrogen functional groups attached to an aromatic ring is 1. The normalized spacial score (nSPS) is 14.2. The topological polar surface area (TPSA) is 85.5 Å². The molecule has 20 heavy (non-hydrogen) atoms. The summed E-state index contributed by atoms with van der Waals surface area (Å²) < 4.78 is 5.40. The van der Waals surface area contributed by atoms with Crippen molar-refractivity contribution >= 4 is 17.3 Å². The molecule has 0 spiro atoms. The van der Waals surface area contributed by atoms with Gasteiger partial charge in [0.15, 0.2) is 0 Å². The summed E-state index contributed by atoms with van der Waals surface area (Å²) in [4.78, 5) is 13.8. The number of hydrogen-bond donors (Lipinski definition) is 2. The minimum Gasteiger partial charge on any atom is -0.467 e. The highest BCUT2D eigenvalue weighted by atomic mass is 16.3. The van der Waals surface area contributed by atoms with Crippen LogP contribution in [-0.2, 0) is 6.54 Å². The Morgan fingerprint density at radius 1 is 1.30 bits per heavy atom. The molecular formula is C15H17N3O2. The van der Waals surface area contributed by atoms with E-state index < -0.39 is 5.91 Å². The van der Waals surface area contributed by atoms with Crippen LogP contribution < -0.4 is 16.4 Å². The summed E-state index contributed by atoms with van der Waals surface area (Å²) in [6.07, 6.45) is 3.82. The average molecular weight is 271 g/mol. The summed E-state index contributed by atoms with van der Waals surface area (Å²) in [6, 6.07) is 9.41. The molecule has 1 fully saturated rings. The Balaban J connectivity index is 2.01. The number of hydrogen-bond acceptors (Lipinski definition) is 4. The highest BCUT2D eigenvalue weighted by Gasteiger charge is 2.32. The van der Waals surface area contributed by atoms with Crippen LogP contribution in [-0.4, -0.2) is 11.9 Å². The van der Waals surface area contributed by atoms with Crippen molar-refractivity contribution in [1.82, 2.24) is 0 Å². The quantitative estimate of drug-likeness (QED) is 0.816. The molecule has 4 N–H and O–H groups in total. The van der Waals surface area contributed by atoms with Crippen LogP contribution in [0.4, 0.5) is 11.4 Å². The van der Waals surface area contributed by atoms with Crippen LogP contribution in [0.1, 0.15) is 29.0 Å². The van der Waals surface area contributed by atoms with E-state index in [1.54, 1.807) is 24.5 Å². The Morgan fingerprint density at radius 3 is 2.70 bits per heavy atom. The van der Waals surface area contributed by atoms with Gasteiger partial charge in [-0.3, -0.25) is 4.79 Å². The average Bonchev–Trinajstić information content (AvgIpc) is 3.13. The molecule has 0 bridgehead atoms. The number of carbonyl (C=O) groups is 1. The molecule has 1 aromatic carbocycles. The first-order valence-corrected chi connectivity index (χ1v) is 6.64. The smallest absolute Gasteiger partial charge is 0.250 e. The van der Waals surface area contributed by atoms with E-state index in [1.165, 1.54) is 0 Å². The van der Waals surface area contributed by atoms with Gasteiger partial charge in [0.2, 0.25) is 0 Å². The highest BCUT2D eigenvalue weighted by Crippen LogP contribution is 2.38. The van der Waals surface area contributed by atoms with E-state index in [0.29, 0.717) is 23.8 Å². The van der Waals surface area contributed by atoms with Gasteiger partial charge in [0.05, 0.1) is 29.7 Å². The molecule has 0 aliphatic heterocycles. The number of rotatable bonds is 5. The van der Waals surface area contributed by atoms with Crippen molar-refractivity contribution in [3.05, 3.63) is 47.9 Å². The molecule has 1 saturated carbocycles. The zero-order valence-corrected chi connectivity index (χ0v) is 11.1. The zero-order chi connectivity index (χ0) is 14.1. The lowest BCUT2D eigenvalue weighted by Gasteiger charge is -2.27. The molecule has 5 heteroatoms. The van der Waals surface area contributed by atoms with E-state index in [9.17, 15) is 4.79 Å². The van der Waals surface area contributed by atoms with Crippen LogP contribution in [0.25, 0.3) is 0 Å². The molecule has 104 valence electrons. The molecular weight excluding hydrogens is 254 g/mol. The summed E-state index contributed by atoms with van der Waals surface area (Å²) >= 11 is 0. The van der Waals surface area contributed by atoms with Crippen molar-refractivity contribution in [2.24, 2.45) is 5.73 Å². The van der Waals surface area contributed by atoms with Gasteiger partial charge in [0.1, 0.15) is 5.76 Å². The summed E-state index contributed by atoms with van der Waals surface area (Å²) in [5, 5.41) is 0. The number of benzene rings is 1. The van der Waals surface area contributed by atoms with E-state index in [1.807, 2.05) is 12.1 Å². The van der Waals surface area contributed by atoms with Gasteiger partial charge in [0.25, 0.3) is 5.91 Å². The fourth-order valence-electron chi connectivity index (χ4n) is 2.43. The van der Waals surface area contributed by atoms with Gasteiger partial charge in [-0.2, -0.15) is 0 Å². The number of furan rings is 1. The van der Waals surface area contributed by atoms with Crippen molar-refractivity contribution in [2.45, 2.75) is 25.4 Å². The third-order valence-electron chi connectivity index (χ3n) is 3.51. The molecule has 1 heterocycles. The van der Waals surface area contributed by atoms with Gasteiger partial charge in [-0.1, -0.05) is 6.07 Å². The van der Waals surface area contributed by atoms with Gasteiger partial charge >= 0.3 is 0 Å². The van der Waals surface area contributed by atoms with Crippen molar-refractivity contribution in [2.75, 3.05) is 10.6 Å². The number of nitrogens with zero attached hydrogens (tertiary/aromatic N) is 1. The predicted octanol–water partition coefficient (Wildman–Crippen LogP) is 2.13. The lowest BCUT2D eigenvalue weighted by molar-refractivity contribution is 0.100. The van der Waals surface area contributed by atoms with Gasteiger partial charge < -0.3 is 20.8 Å². The molecule has 3 rings (SSSR count). The highest BCUT2D eigenvalue weighted by molar-refractivity contribution is 6.01. The number of amides is 1. The van der Waals surface area contributed by atoms with Crippen molar-refractivity contribution < 1.29 is 9.21 Å². The molecule has 5 nitrogen and oxygen atoms in total. The second-order valence-electron chi connectivity index (χ2n) is 5.05. The number of carbonyl (C=O) groups excluding carboxylic acids is 1. The molecule has 1 aliphatic carbocycles. The van der Waals surface area contributed by atoms with Gasteiger partial charge in [-0.05, 0) is 37.1 Å². The number of nitrogens with two attached hydrogens (primary N) is 2. The number of primary amides is 1. The molecule has 1 amide bonds. The lowest BCUT2D eigenvalue weighted by atomic mass is 10.1. The monoisotopic (exact) mass is 271 g/mol. The fourth-order valence-corrected chi connectivity index (χ4v) is 2.43. The predicted molar refractivity (Wildman–Crippen MR) is 77.3 cm³/mol. The maximum Gasteiger partial charge on any atom is 0.250 e. The number of para-hydroxylation sites is 1. The van der Waals surface area contributed by atoms with Gasteiger partial charge in [-0.25, -0.2) is 0 Å². The molecule has 0 radical (unpaired) electrons. The first-order chi connectivity index (χ1) is 9.66. The molecule has 1 aliphatic rings. The maximum atomic E-state index is 11.6. The van der Waals surface area contributed by atoms with E-state index in [4.69, 9.17) is 15.9 Å². The van der Waals surface area contributed by atoms with Crippen LogP contribution in [0.3, 0.4) is 0 Å². The fraction of sp³-hybridized carbons (Fsp3) is 0.267. The van der Waals surface area contributed by atoms with E-state index in [0.717, 1.165) is 24.3 Å². The molecule has 1 aromatic heterocycles. The van der Waals surface area contributed by atoms with Crippen LogP contribution in [0.15, 0.2) is 41.0 Å². The van der Waals surface area contributed by atoms with E-state index >= 15 is 0 Å². The summed E-state index contributed by atoms with van der Waals surface area (Å²) in [5.74, 6) is 0.382. The SMILES string of the molecule is NC(=O)c1cccc(N)c1N(Cc1ccco1)C1CC1.